The van der Waals surface area contributed by atoms with Gasteiger partial charge in [-0.2, -0.15) is 15.5 Å². The summed E-state index contributed by atoms with van der Waals surface area (Å²) >= 11 is 0. The highest BCUT2D eigenvalue weighted by molar-refractivity contribution is 5.53. The van der Waals surface area contributed by atoms with Gasteiger partial charge in [-0.25, -0.2) is 0 Å². The lowest BCUT2D eigenvalue weighted by Gasteiger charge is -1.95. The molecule has 70 valence electrons. The second kappa shape index (κ2) is 4.93. The number of rotatable bonds is 3. The predicted molar refractivity (Wildman–Crippen MR) is 56.1 cm³/mol. The molecule has 14 heavy (non-hydrogen) atoms. The molecular weight excluding hydrogens is 174 g/mol. The van der Waals surface area contributed by atoms with E-state index < -0.39 is 6.04 Å². The van der Waals surface area contributed by atoms with Gasteiger partial charge >= 0.3 is 0 Å². The van der Waals surface area contributed by atoms with E-state index in [1.54, 1.807) is 13.0 Å². The van der Waals surface area contributed by atoms with Crippen LogP contribution in [0, 0.1) is 11.3 Å². The van der Waals surface area contributed by atoms with E-state index in [0.29, 0.717) is 0 Å². The van der Waals surface area contributed by atoms with Crippen LogP contribution in [0.3, 0.4) is 0 Å². The van der Waals surface area contributed by atoms with Crippen LogP contribution in [-0.4, -0.2) is 6.04 Å². The lowest BCUT2D eigenvalue weighted by atomic mass is 10.2. The molecular formula is C11H11N3. The summed E-state index contributed by atoms with van der Waals surface area (Å²) < 4.78 is 0. The van der Waals surface area contributed by atoms with Gasteiger partial charge in [-0.1, -0.05) is 24.8 Å². The van der Waals surface area contributed by atoms with Crippen LogP contribution in [0.25, 0.3) is 6.08 Å². The minimum absolute atomic E-state index is 0.401. The van der Waals surface area contributed by atoms with Crippen LogP contribution < -0.4 is 0 Å². The average molecular weight is 185 g/mol. The molecule has 0 aromatic heterocycles. The largest absolute Gasteiger partial charge is 0.196 e. The first-order chi connectivity index (χ1) is 6.76. The van der Waals surface area contributed by atoms with Gasteiger partial charge in [0.25, 0.3) is 0 Å². The molecule has 0 spiro atoms. The van der Waals surface area contributed by atoms with Gasteiger partial charge in [0, 0.05) is 0 Å². The Bertz CT molecular complexity index is 388. The van der Waals surface area contributed by atoms with Crippen LogP contribution in [0.1, 0.15) is 12.5 Å². The van der Waals surface area contributed by atoms with E-state index in [2.05, 4.69) is 16.8 Å². The van der Waals surface area contributed by atoms with Gasteiger partial charge in [0.05, 0.1) is 11.8 Å². The highest BCUT2D eigenvalue weighted by Gasteiger charge is 1.94. The number of nitrogens with zero attached hydrogens (tertiary/aromatic N) is 3. The Balaban J connectivity index is 2.82. The molecule has 0 saturated carbocycles. The van der Waals surface area contributed by atoms with Gasteiger partial charge in [0.15, 0.2) is 6.04 Å². The first-order valence-corrected chi connectivity index (χ1v) is 4.29. The average Bonchev–Trinajstić information content (AvgIpc) is 2.26. The van der Waals surface area contributed by atoms with Crippen LogP contribution in [-0.2, 0) is 0 Å². The number of hydrogen-bond acceptors (Lipinski definition) is 3. The molecule has 0 heterocycles. The molecule has 1 unspecified atom stereocenters. The molecule has 0 aliphatic heterocycles. The first kappa shape index (κ1) is 10.1. The van der Waals surface area contributed by atoms with Gasteiger partial charge in [-0.3, -0.25) is 0 Å². The molecule has 1 aromatic carbocycles. The summed E-state index contributed by atoms with van der Waals surface area (Å²) in [5, 5.41) is 16.3. The van der Waals surface area contributed by atoms with Crippen LogP contribution in [0.15, 0.2) is 41.1 Å². The van der Waals surface area contributed by atoms with E-state index in [0.717, 1.165) is 11.3 Å². The zero-order chi connectivity index (χ0) is 10.4. The smallest absolute Gasteiger partial charge is 0.154 e. The molecule has 1 atom stereocenters. The van der Waals surface area contributed by atoms with Crippen molar-refractivity contribution in [1.29, 1.82) is 5.26 Å². The molecule has 0 aliphatic carbocycles. The molecule has 1 aromatic rings. The van der Waals surface area contributed by atoms with E-state index in [1.807, 2.05) is 30.3 Å². The fraction of sp³-hybridized carbons (Fsp3) is 0.182. The Kier molecular flexibility index (Phi) is 3.57. The number of nitriles is 1. The van der Waals surface area contributed by atoms with Crippen LogP contribution in [0.5, 0.6) is 0 Å². The highest BCUT2D eigenvalue weighted by Crippen LogP contribution is 2.15. The third kappa shape index (κ3) is 2.83. The van der Waals surface area contributed by atoms with Crippen molar-refractivity contribution in [3.8, 4) is 6.07 Å². The van der Waals surface area contributed by atoms with Gasteiger partial charge < -0.3 is 0 Å². The minimum atomic E-state index is -0.401. The van der Waals surface area contributed by atoms with Gasteiger partial charge in [0.2, 0.25) is 0 Å². The number of azo groups is 1. The summed E-state index contributed by atoms with van der Waals surface area (Å²) in [6.45, 7) is 5.35. The first-order valence-electron chi connectivity index (χ1n) is 4.29. The molecule has 0 radical (unpaired) electrons. The van der Waals surface area contributed by atoms with Gasteiger partial charge in [-0.05, 0) is 24.6 Å². The zero-order valence-electron chi connectivity index (χ0n) is 8.01. The quantitative estimate of drug-likeness (QED) is 0.666. The molecule has 0 aliphatic rings. The van der Waals surface area contributed by atoms with Gasteiger partial charge in [0.1, 0.15) is 0 Å². The Morgan fingerprint density at radius 3 is 3.00 bits per heavy atom. The van der Waals surface area contributed by atoms with Crippen LogP contribution in [0.2, 0.25) is 0 Å². The van der Waals surface area contributed by atoms with E-state index >= 15 is 0 Å². The second-order valence-electron chi connectivity index (χ2n) is 2.82. The second-order valence-corrected chi connectivity index (χ2v) is 2.82. The van der Waals surface area contributed by atoms with Crippen LogP contribution >= 0.6 is 0 Å². The summed E-state index contributed by atoms with van der Waals surface area (Å²) in [4.78, 5) is 0. The maximum Gasteiger partial charge on any atom is 0.154 e. The Morgan fingerprint density at radius 2 is 2.36 bits per heavy atom. The van der Waals surface area contributed by atoms with Crippen molar-refractivity contribution in [3.63, 3.8) is 0 Å². The molecule has 0 amide bonds. The summed E-state index contributed by atoms with van der Waals surface area (Å²) in [5.41, 5.74) is 1.73. The third-order valence-electron chi connectivity index (χ3n) is 1.64. The van der Waals surface area contributed by atoms with Crippen LogP contribution in [0.4, 0.5) is 5.69 Å². The predicted octanol–water partition coefficient (Wildman–Crippen LogP) is 3.33. The monoisotopic (exact) mass is 185 g/mol. The SMILES string of the molecule is C=Cc1cccc(N=NC(C)C#N)c1. The molecule has 1 rings (SSSR count). The lowest BCUT2D eigenvalue weighted by Crippen LogP contribution is -1.88. The van der Waals surface area contributed by atoms with E-state index in [9.17, 15) is 0 Å². The van der Waals surface area contributed by atoms with E-state index in [-0.39, 0.29) is 0 Å². The standard InChI is InChI=1S/C11H11N3/c1-3-10-5-4-6-11(7-10)14-13-9(2)8-12/h3-7,9H,1H2,2H3. The molecule has 0 bridgehead atoms. The van der Waals surface area contributed by atoms with E-state index in [4.69, 9.17) is 5.26 Å². The topological polar surface area (TPSA) is 48.5 Å². The highest BCUT2D eigenvalue weighted by atomic mass is 15.1. The third-order valence-corrected chi connectivity index (χ3v) is 1.64. The van der Waals surface area contributed by atoms with Crippen molar-refractivity contribution in [3.05, 3.63) is 36.4 Å². The fourth-order valence-electron chi connectivity index (χ4n) is 0.893. The fourth-order valence-corrected chi connectivity index (χ4v) is 0.893. The summed E-state index contributed by atoms with van der Waals surface area (Å²) in [7, 11) is 0. The Morgan fingerprint density at radius 1 is 1.57 bits per heavy atom. The van der Waals surface area contributed by atoms with Crippen molar-refractivity contribution in [2.24, 2.45) is 10.2 Å². The molecule has 0 fully saturated rings. The van der Waals surface area contributed by atoms with Gasteiger partial charge in [-0.15, -0.1) is 0 Å². The maximum atomic E-state index is 8.49. The molecule has 0 saturated heterocycles. The normalized spacial score (nSPS) is 12.3. The van der Waals surface area contributed by atoms with Crippen molar-refractivity contribution in [1.82, 2.24) is 0 Å². The number of hydrogen-bond donors (Lipinski definition) is 0. The van der Waals surface area contributed by atoms with Crippen molar-refractivity contribution >= 4 is 11.8 Å². The molecule has 0 N–H and O–H groups in total. The minimum Gasteiger partial charge on any atom is -0.196 e. The lowest BCUT2D eigenvalue weighted by molar-refractivity contribution is 0.865. The Labute approximate surface area is 83.4 Å². The summed E-state index contributed by atoms with van der Waals surface area (Å²) in [5.74, 6) is 0. The maximum absolute atomic E-state index is 8.49. The Hall–Kier alpha value is -1.95. The number of benzene rings is 1. The zero-order valence-corrected chi connectivity index (χ0v) is 8.01. The molecule has 3 nitrogen and oxygen atoms in total. The van der Waals surface area contributed by atoms with Crippen molar-refractivity contribution in [2.45, 2.75) is 13.0 Å². The summed E-state index contributed by atoms with van der Waals surface area (Å²) in [6, 6.07) is 9.09. The summed E-state index contributed by atoms with van der Waals surface area (Å²) in [6.07, 6.45) is 1.74. The van der Waals surface area contributed by atoms with Crippen molar-refractivity contribution < 1.29 is 0 Å². The van der Waals surface area contributed by atoms with E-state index in [1.165, 1.54) is 0 Å². The van der Waals surface area contributed by atoms with Crippen molar-refractivity contribution in [2.75, 3.05) is 0 Å². The molecule has 3 heteroatoms.